The van der Waals surface area contributed by atoms with Crippen LogP contribution in [0.2, 0.25) is 0 Å². The van der Waals surface area contributed by atoms with E-state index in [9.17, 15) is 0 Å². The smallest absolute Gasteiger partial charge is 0.138 e. The van der Waals surface area contributed by atoms with Gasteiger partial charge >= 0.3 is 0 Å². The van der Waals surface area contributed by atoms with Gasteiger partial charge in [-0.05, 0) is 13.6 Å². The van der Waals surface area contributed by atoms with Gasteiger partial charge in [0.15, 0.2) is 0 Å². The highest BCUT2D eigenvalue weighted by Crippen LogP contribution is 1.79. The molecule has 0 aliphatic heterocycles. The highest BCUT2D eigenvalue weighted by Gasteiger charge is 1.75. The van der Waals surface area contributed by atoms with Gasteiger partial charge in [0.1, 0.15) is 5.82 Å². The van der Waals surface area contributed by atoms with Crippen LogP contribution in [0.25, 0.3) is 0 Å². The van der Waals surface area contributed by atoms with E-state index < -0.39 is 0 Å². The number of rotatable bonds is 3. The van der Waals surface area contributed by atoms with Crippen molar-refractivity contribution in [3.8, 4) is 0 Å². The van der Waals surface area contributed by atoms with Crippen LogP contribution in [-0.4, -0.2) is 12.9 Å². The standard InChI is InChI=1S/C5H9N3/c1-4-7-8-5(2)6-3/h4,8H,2-3H2,1H3/b7-4-. The summed E-state index contributed by atoms with van der Waals surface area (Å²) in [7, 11) is 0. The van der Waals surface area contributed by atoms with Gasteiger partial charge in [0, 0.05) is 6.21 Å². The van der Waals surface area contributed by atoms with Crippen LogP contribution >= 0.6 is 0 Å². The molecule has 3 heteroatoms. The lowest BCUT2D eigenvalue weighted by Crippen LogP contribution is -1.99. The topological polar surface area (TPSA) is 36.8 Å². The first-order valence-corrected chi connectivity index (χ1v) is 2.20. The number of nitrogens with zero attached hydrogens (tertiary/aromatic N) is 2. The fourth-order valence-corrected chi connectivity index (χ4v) is 0.174. The van der Waals surface area contributed by atoms with E-state index in [1.807, 2.05) is 0 Å². The summed E-state index contributed by atoms with van der Waals surface area (Å²) < 4.78 is 0. The van der Waals surface area contributed by atoms with Gasteiger partial charge in [0.05, 0.1) is 0 Å². The molecule has 3 nitrogen and oxygen atoms in total. The molecular formula is C5H9N3. The van der Waals surface area contributed by atoms with Gasteiger partial charge in [0.2, 0.25) is 0 Å². The molecule has 0 aliphatic rings. The Morgan fingerprint density at radius 2 is 2.38 bits per heavy atom. The lowest BCUT2D eigenvalue weighted by molar-refractivity contribution is 0.884. The Bertz CT molecular complexity index is 115. The lowest BCUT2D eigenvalue weighted by atomic mass is 10.8. The highest BCUT2D eigenvalue weighted by atomic mass is 15.3. The van der Waals surface area contributed by atoms with E-state index >= 15 is 0 Å². The van der Waals surface area contributed by atoms with Crippen molar-refractivity contribution in [2.75, 3.05) is 0 Å². The molecule has 8 heavy (non-hydrogen) atoms. The van der Waals surface area contributed by atoms with Crippen LogP contribution in [0.1, 0.15) is 6.92 Å². The second kappa shape index (κ2) is 4.05. The molecule has 0 spiro atoms. The van der Waals surface area contributed by atoms with Crippen molar-refractivity contribution in [3.05, 3.63) is 12.4 Å². The van der Waals surface area contributed by atoms with Gasteiger partial charge in [-0.1, -0.05) is 6.58 Å². The van der Waals surface area contributed by atoms with Crippen LogP contribution in [0, 0.1) is 0 Å². The summed E-state index contributed by atoms with van der Waals surface area (Å²) in [5.74, 6) is 0.461. The van der Waals surface area contributed by atoms with Crippen LogP contribution in [0.15, 0.2) is 22.5 Å². The average Bonchev–Trinajstić information content (AvgIpc) is 1.83. The molecule has 0 heterocycles. The highest BCUT2D eigenvalue weighted by molar-refractivity contribution is 5.52. The summed E-state index contributed by atoms with van der Waals surface area (Å²) in [6.45, 7) is 8.48. The molecule has 1 N–H and O–H groups in total. The predicted octanol–water partition coefficient (Wildman–Crippen LogP) is 0.754. The fraction of sp³-hybridized carbons (Fsp3) is 0.200. The Labute approximate surface area is 48.8 Å². The summed E-state index contributed by atoms with van der Waals surface area (Å²) in [4.78, 5) is 3.46. The first-order chi connectivity index (χ1) is 3.81. The molecule has 0 fully saturated rings. The van der Waals surface area contributed by atoms with E-state index in [0.717, 1.165) is 0 Å². The van der Waals surface area contributed by atoms with E-state index in [0.29, 0.717) is 5.82 Å². The lowest BCUT2D eigenvalue weighted by Gasteiger charge is -1.92. The number of hydrazone groups is 1. The van der Waals surface area contributed by atoms with E-state index in [-0.39, 0.29) is 0 Å². The molecule has 44 valence electrons. The van der Waals surface area contributed by atoms with E-state index in [1.165, 1.54) is 0 Å². The predicted molar refractivity (Wildman–Crippen MR) is 36.0 cm³/mol. The molecule has 0 bridgehead atoms. The zero-order valence-electron chi connectivity index (χ0n) is 4.89. The largest absolute Gasteiger partial charge is 0.262 e. The average molecular weight is 111 g/mol. The molecule has 0 aliphatic carbocycles. The fourth-order valence-electron chi connectivity index (χ4n) is 0.174. The second-order valence-electron chi connectivity index (χ2n) is 1.10. The third-order valence-corrected chi connectivity index (χ3v) is 0.514. The van der Waals surface area contributed by atoms with Gasteiger partial charge in [0.25, 0.3) is 0 Å². The van der Waals surface area contributed by atoms with Crippen molar-refractivity contribution in [1.29, 1.82) is 0 Å². The molecule has 0 radical (unpaired) electrons. The molecular weight excluding hydrogens is 102 g/mol. The Kier molecular flexibility index (Phi) is 3.48. The van der Waals surface area contributed by atoms with Crippen LogP contribution < -0.4 is 5.43 Å². The van der Waals surface area contributed by atoms with Gasteiger partial charge in [-0.15, -0.1) is 0 Å². The van der Waals surface area contributed by atoms with Gasteiger partial charge in [-0.25, -0.2) is 4.99 Å². The third-order valence-electron chi connectivity index (χ3n) is 0.514. The summed E-state index contributed by atoms with van der Waals surface area (Å²) in [6, 6.07) is 0. The molecule has 0 unspecified atom stereocenters. The van der Waals surface area contributed by atoms with Crippen molar-refractivity contribution < 1.29 is 0 Å². The van der Waals surface area contributed by atoms with Crippen molar-refractivity contribution in [2.24, 2.45) is 10.1 Å². The maximum absolute atomic E-state index is 3.63. The van der Waals surface area contributed by atoms with Crippen molar-refractivity contribution in [1.82, 2.24) is 5.43 Å². The quantitative estimate of drug-likeness (QED) is 0.423. The zero-order chi connectivity index (χ0) is 6.41. The van der Waals surface area contributed by atoms with Crippen LogP contribution in [0.3, 0.4) is 0 Å². The number of hydrogen-bond donors (Lipinski definition) is 1. The Balaban J connectivity index is 3.39. The van der Waals surface area contributed by atoms with Crippen molar-refractivity contribution in [2.45, 2.75) is 6.92 Å². The second-order valence-corrected chi connectivity index (χ2v) is 1.10. The molecule has 0 rings (SSSR count). The first kappa shape index (κ1) is 6.88. The Hall–Kier alpha value is -1.12. The molecule has 0 aromatic carbocycles. The Morgan fingerprint density at radius 1 is 1.75 bits per heavy atom. The number of hydrogen-bond acceptors (Lipinski definition) is 3. The molecule has 0 saturated heterocycles. The Morgan fingerprint density at radius 3 is 2.75 bits per heavy atom. The van der Waals surface area contributed by atoms with Crippen LogP contribution in [-0.2, 0) is 0 Å². The maximum Gasteiger partial charge on any atom is 0.138 e. The molecule has 0 aromatic heterocycles. The number of nitrogens with one attached hydrogen (secondary N) is 1. The van der Waals surface area contributed by atoms with Gasteiger partial charge < -0.3 is 0 Å². The summed E-state index contributed by atoms with van der Waals surface area (Å²) in [5.41, 5.74) is 2.53. The summed E-state index contributed by atoms with van der Waals surface area (Å²) >= 11 is 0. The summed E-state index contributed by atoms with van der Waals surface area (Å²) in [5, 5.41) is 3.63. The minimum absolute atomic E-state index is 0.461. The normalized spacial score (nSPS) is 9.12. The van der Waals surface area contributed by atoms with Crippen LogP contribution in [0.4, 0.5) is 0 Å². The molecule has 0 amide bonds. The number of aliphatic imine (C=N–C) groups is 1. The zero-order valence-corrected chi connectivity index (χ0v) is 4.89. The van der Waals surface area contributed by atoms with Crippen molar-refractivity contribution >= 4 is 12.9 Å². The SMILES string of the molecule is C=NC(=C)N/N=C\C. The van der Waals surface area contributed by atoms with E-state index in [4.69, 9.17) is 0 Å². The third kappa shape index (κ3) is 3.08. The van der Waals surface area contributed by atoms with E-state index in [2.05, 4.69) is 28.8 Å². The summed E-state index contributed by atoms with van der Waals surface area (Å²) in [6.07, 6.45) is 1.61. The van der Waals surface area contributed by atoms with Gasteiger partial charge in [-0.3, -0.25) is 5.43 Å². The van der Waals surface area contributed by atoms with Crippen molar-refractivity contribution in [3.63, 3.8) is 0 Å². The minimum atomic E-state index is 0.461. The monoisotopic (exact) mass is 111 g/mol. The van der Waals surface area contributed by atoms with E-state index in [1.54, 1.807) is 13.1 Å². The minimum Gasteiger partial charge on any atom is -0.262 e. The molecule has 0 saturated carbocycles. The molecule has 0 atom stereocenters. The maximum atomic E-state index is 3.63. The van der Waals surface area contributed by atoms with Gasteiger partial charge in [-0.2, -0.15) is 5.10 Å². The molecule has 0 aromatic rings. The van der Waals surface area contributed by atoms with Crippen LogP contribution in [0.5, 0.6) is 0 Å². The first-order valence-electron chi connectivity index (χ1n) is 2.20.